The molecule has 6 heteroatoms. The third-order valence-electron chi connectivity index (χ3n) is 1.68. The number of nitrogens with two attached hydrogens (primary N) is 1. The van der Waals surface area contributed by atoms with Crippen LogP contribution in [0, 0.1) is 11.3 Å². The molecule has 0 aliphatic heterocycles. The molecule has 0 aromatic carbocycles. The number of hydrogen-bond donors (Lipinski definition) is 2. The highest BCUT2D eigenvalue weighted by Crippen LogP contribution is 2.16. The first-order chi connectivity index (χ1) is 6.56. The fourth-order valence-corrected chi connectivity index (χ4v) is 1.01. The molecule has 0 amide bonds. The number of rotatable bonds is 2. The predicted octanol–water partition coefficient (Wildman–Crippen LogP) is 0.961. The van der Waals surface area contributed by atoms with Crippen LogP contribution in [-0.4, -0.2) is 4.98 Å². The van der Waals surface area contributed by atoms with Gasteiger partial charge in [-0.15, -0.1) is 0 Å². The maximum atomic E-state index is 12.2. The molecular weight excluding hydrogens is 192 g/mol. The van der Waals surface area contributed by atoms with Gasteiger partial charge >= 0.3 is 0 Å². The second-order valence-corrected chi connectivity index (χ2v) is 2.62. The molecule has 1 rings (SSSR count). The molecule has 0 radical (unpaired) electrons. The summed E-state index contributed by atoms with van der Waals surface area (Å²) in [6.45, 7) is 0. The lowest BCUT2D eigenvalue weighted by molar-refractivity contribution is 0.146. The lowest BCUT2D eigenvalue weighted by Crippen LogP contribution is -2.14. The van der Waals surface area contributed by atoms with Crippen LogP contribution in [0.2, 0.25) is 0 Å². The van der Waals surface area contributed by atoms with Crippen molar-refractivity contribution in [3.8, 4) is 6.07 Å². The van der Waals surface area contributed by atoms with E-state index in [0.717, 1.165) is 6.07 Å². The predicted molar refractivity (Wildman–Crippen MR) is 45.7 cm³/mol. The Morgan fingerprint density at radius 2 is 2.29 bits per heavy atom. The molecule has 0 atom stereocenters. The van der Waals surface area contributed by atoms with Gasteiger partial charge in [0.2, 0.25) is 0 Å². The number of nitrogen functional groups attached to an aromatic ring is 1. The molecule has 4 nitrogen and oxygen atoms in total. The minimum Gasteiger partial charge on any atom is -0.385 e. The summed E-state index contributed by atoms with van der Waals surface area (Å²) in [5, 5.41) is 8.34. The fraction of sp³-hybridized carbons (Fsp3) is 0.250. The average molecular weight is 199 g/mol. The van der Waals surface area contributed by atoms with Gasteiger partial charge in [-0.3, -0.25) is 4.79 Å². The number of nitriles is 1. The zero-order chi connectivity index (χ0) is 10.7. The summed E-state index contributed by atoms with van der Waals surface area (Å²) in [5.74, 6) is -0.172. The van der Waals surface area contributed by atoms with E-state index >= 15 is 0 Å². The summed E-state index contributed by atoms with van der Waals surface area (Å²) >= 11 is 0. The SMILES string of the molecule is N#CCc1c(N)[nH]c(C(F)F)cc1=O. The number of nitrogens with zero attached hydrogens (tertiary/aromatic N) is 1. The first kappa shape index (κ1) is 10.2. The standard InChI is InChI=1S/C8H7F2N3O/c9-7(10)5-3-6(14)4(1-2-11)8(12)13-5/h3,7H,1H2,(H3,12,13,14). The Labute approximate surface area is 78.0 Å². The van der Waals surface area contributed by atoms with E-state index in [1.807, 2.05) is 0 Å². The minimum absolute atomic E-state index is 0.0249. The Balaban J connectivity index is 3.27. The Bertz CT molecular complexity index is 433. The van der Waals surface area contributed by atoms with E-state index < -0.39 is 17.5 Å². The van der Waals surface area contributed by atoms with Crippen molar-refractivity contribution in [1.82, 2.24) is 4.98 Å². The first-order valence-electron chi connectivity index (χ1n) is 3.73. The van der Waals surface area contributed by atoms with Gasteiger partial charge < -0.3 is 10.7 Å². The molecule has 0 saturated carbocycles. The van der Waals surface area contributed by atoms with Gasteiger partial charge in [-0.25, -0.2) is 8.78 Å². The monoisotopic (exact) mass is 199 g/mol. The van der Waals surface area contributed by atoms with Crippen molar-refractivity contribution >= 4 is 5.82 Å². The molecule has 0 unspecified atom stereocenters. The van der Waals surface area contributed by atoms with Gasteiger partial charge in [-0.1, -0.05) is 0 Å². The number of aromatic amines is 1. The largest absolute Gasteiger partial charge is 0.385 e. The van der Waals surface area contributed by atoms with E-state index in [-0.39, 0.29) is 17.8 Å². The van der Waals surface area contributed by atoms with Gasteiger partial charge in [-0.05, 0) is 0 Å². The molecule has 0 bridgehead atoms. The molecule has 0 aliphatic carbocycles. The van der Waals surface area contributed by atoms with Crippen molar-refractivity contribution < 1.29 is 8.78 Å². The van der Waals surface area contributed by atoms with Gasteiger partial charge in [0.1, 0.15) is 5.82 Å². The Morgan fingerprint density at radius 1 is 1.64 bits per heavy atom. The average Bonchev–Trinajstić information content (AvgIpc) is 2.10. The van der Waals surface area contributed by atoms with E-state index in [0.29, 0.717) is 0 Å². The number of anilines is 1. The van der Waals surface area contributed by atoms with Crippen molar-refractivity contribution in [1.29, 1.82) is 5.26 Å². The van der Waals surface area contributed by atoms with Crippen LogP contribution in [0.3, 0.4) is 0 Å². The van der Waals surface area contributed by atoms with Crippen LogP contribution < -0.4 is 11.2 Å². The van der Waals surface area contributed by atoms with Crippen molar-refractivity contribution in [2.24, 2.45) is 0 Å². The molecule has 0 aliphatic rings. The highest BCUT2D eigenvalue weighted by molar-refractivity contribution is 5.42. The van der Waals surface area contributed by atoms with Gasteiger partial charge in [0.25, 0.3) is 6.43 Å². The lowest BCUT2D eigenvalue weighted by Gasteiger charge is -2.04. The number of pyridine rings is 1. The Hall–Kier alpha value is -1.90. The number of alkyl halides is 2. The van der Waals surface area contributed by atoms with E-state index in [1.165, 1.54) is 0 Å². The number of hydrogen-bond acceptors (Lipinski definition) is 3. The maximum absolute atomic E-state index is 12.2. The van der Waals surface area contributed by atoms with E-state index in [1.54, 1.807) is 6.07 Å². The quantitative estimate of drug-likeness (QED) is 0.744. The number of halogens is 2. The summed E-state index contributed by atoms with van der Waals surface area (Å²) in [7, 11) is 0. The van der Waals surface area contributed by atoms with Gasteiger partial charge in [0.05, 0.1) is 23.7 Å². The molecule has 1 heterocycles. The molecule has 3 N–H and O–H groups in total. The van der Waals surface area contributed by atoms with Crippen LogP contribution in [0.5, 0.6) is 0 Å². The van der Waals surface area contributed by atoms with Crippen LogP contribution in [0.4, 0.5) is 14.6 Å². The van der Waals surface area contributed by atoms with Crippen LogP contribution in [0.1, 0.15) is 17.7 Å². The molecule has 0 saturated heterocycles. The lowest BCUT2D eigenvalue weighted by atomic mass is 10.2. The number of nitrogens with one attached hydrogen (secondary N) is 1. The number of H-pyrrole nitrogens is 1. The Kier molecular flexibility index (Phi) is 2.82. The second kappa shape index (κ2) is 3.87. The van der Waals surface area contributed by atoms with Gasteiger partial charge in [0, 0.05) is 6.07 Å². The third-order valence-corrected chi connectivity index (χ3v) is 1.68. The van der Waals surface area contributed by atoms with Crippen molar-refractivity contribution in [3.05, 3.63) is 27.5 Å². The molecule has 0 fully saturated rings. The van der Waals surface area contributed by atoms with Crippen molar-refractivity contribution in [2.75, 3.05) is 5.73 Å². The smallest absolute Gasteiger partial charge is 0.278 e. The van der Waals surface area contributed by atoms with Crippen molar-refractivity contribution in [2.45, 2.75) is 12.8 Å². The highest BCUT2D eigenvalue weighted by atomic mass is 19.3. The van der Waals surface area contributed by atoms with Crippen LogP contribution in [0.15, 0.2) is 10.9 Å². The normalized spacial score (nSPS) is 10.1. The summed E-state index contributed by atoms with van der Waals surface area (Å²) < 4.78 is 24.3. The molecular formula is C8H7F2N3O. The van der Waals surface area contributed by atoms with Gasteiger partial charge in [-0.2, -0.15) is 5.26 Å². The third kappa shape index (κ3) is 1.88. The zero-order valence-electron chi connectivity index (χ0n) is 7.05. The summed E-state index contributed by atoms with van der Waals surface area (Å²) in [4.78, 5) is 13.3. The molecule has 1 aromatic rings. The van der Waals surface area contributed by atoms with E-state index in [9.17, 15) is 13.6 Å². The second-order valence-electron chi connectivity index (χ2n) is 2.62. The van der Waals surface area contributed by atoms with Crippen LogP contribution >= 0.6 is 0 Å². The van der Waals surface area contributed by atoms with E-state index in [4.69, 9.17) is 11.0 Å². The summed E-state index contributed by atoms with van der Waals surface area (Å²) in [5.41, 5.74) is 4.16. The van der Waals surface area contributed by atoms with Crippen LogP contribution in [0.25, 0.3) is 0 Å². The summed E-state index contributed by atoms with van der Waals surface area (Å²) in [6, 6.07) is 2.48. The molecule has 0 spiro atoms. The topological polar surface area (TPSA) is 82.7 Å². The van der Waals surface area contributed by atoms with Gasteiger partial charge in [0.15, 0.2) is 5.43 Å². The summed E-state index contributed by atoms with van der Waals surface area (Å²) in [6.07, 6.45) is -2.97. The Morgan fingerprint density at radius 3 is 2.71 bits per heavy atom. The first-order valence-corrected chi connectivity index (χ1v) is 3.73. The van der Waals surface area contributed by atoms with E-state index in [2.05, 4.69) is 4.98 Å². The van der Waals surface area contributed by atoms with Crippen LogP contribution in [-0.2, 0) is 6.42 Å². The maximum Gasteiger partial charge on any atom is 0.278 e. The molecule has 1 aromatic heterocycles. The number of aromatic nitrogens is 1. The highest BCUT2D eigenvalue weighted by Gasteiger charge is 2.12. The molecule has 14 heavy (non-hydrogen) atoms. The van der Waals surface area contributed by atoms with Crippen molar-refractivity contribution in [3.63, 3.8) is 0 Å². The fourth-order valence-electron chi connectivity index (χ4n) is 1.01. The molecule has 74 valence electrons. The minimum atomic E-state index is -2.78. The zero-order valence-corrected chi connectivity index (χ0v) is 7.05.